The Morgan fingerprint density at radius 2 is 2.12 bits per heavy atom. The fourth-order valence-electron chi connectivity index (χ4n) is 1.88. The maximum atomic E-state index is 10.6. The second-order valence-electron chi connectivity index (χ2n) is 3.77. The smallest absolute Gasteiger partial charge is 0.209 e. The van der Waals surface area contributed by atoms with Crippen LogP contribution in [0.25, 0.3) is 0 Å². The molecule has 5 nitrogen and oxygen atoms in total. The van der Waals surface area contributed by atoms with Gasteiger partial charge in [-0.1, -0.05) is 6.07 Å². The van der Waals surface area contributed by atoms with Crippen LogP contribution in [0.1, 0.15) is 5.56 Å². The first-order valence-corrected chi connectivity index (χ1v) is 5.34. The molecular weight excluding hydrogens is 206 g/mol. The Hall–Kier alpha value is -1.62. The molecule has 1 fully saturated rings. The molecule has 1 N–H and O–H groups in total. The number of amides is 1. The number of carbonyl (C=O) groups excluding carboxylic acids is 1. The van der Waals surface area contributed by atoms with E-state index in [9.17, 15) is 9.90 Å². The molecule has 1 aromatic rings. The lowest BCUT2D eigenvalue weighted by Crippen LogP contribution is -2.46. The summed E-state index contributed by atoms with van der Waals surface area (Å²) in [6.07, 6.45) is 2.60. The van der Waals surface area contributed by atoms with Crippen molar-refractivity contribution in [2.75, 3.05) is 31.1 Å². The van der Waals surface area contributed by atoms with Crippen molar-refractivity contribution >= 4 is 12.2 Å². The monoisotopic (exact) mass is 221 g/mol. The van der Waals surface area contributed by atoms with Gasteiger partial charge in [0, 0.05) is 37.9 Å². The molecule has 86 valence electrons. The minimum atomic E-state index is -0.00291. The summed E-state index contributed by atoms with van der Waals surface area (Å²) in [6, 6.07) is 3.69. The second-order valence-corrected chi connectivity index (χ2v) is 3.77. The Balaban J connectivity index is 2.10. The Morgan fingerprint density at radius 3 is 2.75 bits per heavy atom. The van der Waals surface area contributed by atoms with Gasteiger partial charge in [-0.15, -0.1) is 0 Å². The summed E-state index contributed by atoms with van der Waals surface area (Å²) in [5, 5.41) is 9.21. The first-order chi connectivity index (χ1) is 7.85. The lowest BCUT2D eigenvalue weighted by Gasteiger charge is -2.34. The molecule has 0 atom stereocenters. The first-order valence-electron chi connectivity index (χ1n) is 5.34. The maximum absolute atomic E-state index is 10.6. The van der Waals surface area contributed by atoms with E-state index in [2.05, 4.69) is 9.88 Å². The van der Waals surface area contributed by atoms with E-state index in [0.717, 1.165) is 30.9 Å². The van der Waals surface area contributed by atoms with Crippen molar-refractivity contribution in [3.63, 3.8) is 0 Å². The van der Waals surface area contributed by atoms with Crippen molar-refractivity contribution in [1.82, 2.24) is 9.88 Å². The van der Waals surface area contributed by atoms with Crippen molar-refractivity contribution in [3.8, 4) is 0 Å². The molecule has 16 heavy (non-hydrogen) atoms. The van der Waals surface area contributed by atoms with Crippen LogP contribution in [0.5, 0.6) is 0 Å². The highest BCUT2D eigenvalue weighted by Crippen LogP contribution is 2.18. The van der Waals surface area contributed by atoms with Crippen molar-refractivity contribution in [1.29, 1.82) is 0 Å². The number of anilines is 1. The average molecular weight is 221 g/mol. The summed E-state index contributed by atoms with van der Waals surface area (Å²) < 4.78 is 0. The molecule has 1 aromatic heterocycles. The highest BCUT2D eigenvalue weighted by atomic mass is 16.3. The number of hydrogen-bond donors (Lipinski definition) is 1. The predicted molar refractivity (Wildman–Crippen MR) is 60.0 cm³/mol. The largest absolute Gasteiger partial charge is 0.392 e. The normalized spacial score (nSPS) is 16.3. The van der Waals surface area contributed by atoms with E-state index in [4.69, 9.17) is 0 Å². The van der Waals surface area contributed by atoms with E-state index < -0.39 is 0 Å². The van der Waals surface area contributed by atoms with Crippen LogP contribution in [0, 0.1) is 0 Å². The van der Waals surface area contributed by atoms with Gasteiger partial charge in [0.1, 0.15) is 5.82 Å². The zero-order valence-electron chi connectivity index (χ0n) is 9.04. The number of carbonyl (C=O) groups is 1. The van der Waals surface area contributed by atoms with Crippen LogP contribution < -0.4 is 4.90 Å². The van der Waals surface area contributed by atoms with Crippen LogP contribution in [-0.4, -0.2) is 47.6 Å². The van der Waals surface area contributed by atoms with E-state index in [-0.39, 0.29) is 6.61 Å². The summed E-state index contributed by atoms with van der Waals surface area (Å²) in [7, 11) is 0. The Labute approximate surface area is 94.3 Å². The van der Waals surface area contributed by atoms with Gasteiger partial charge in [0.25, 0.3) is 0 Å². The van der Waals surface area contributed by atoms with E-state index >= 15 is 0 Å². The lowest BCUT2D eigenvalue weighted by atomic mass is 10.2. The molecule has 0 unspecified atom stereocenters. The van der Waals surface area contributed by atoms with Gasteiger partial charge < -0.3 is 14.9 Å². The van der Waals surface area contributed by atoms with Crippen molar-refractivity contribution in [3.05, 3.63) is 23.9 Å². The number of pyridine rings is 1. The zero-order chi connectivity index (χ0) is 11.4. The number of hydrogen-bond acceptors (Lipinski definition) is 4. The van der Waals surface area contributed by atoms with Gasteiger partial charge in [-0.3, -0.25) is 4.79 Å². The molecule has 1 amide bonds. The number of aromatic nitrogens is 1. The zero-order valence-corrected chi connectivity index (χ0v) is 9.04. The molecule has 0 saturated carbocycles. The number of rotatable bonds is 3. The molecule has 0 aromatic carbocycles. The van der Waals surface area contributed by atoms with Gasteiger partial charge in [0.05, 0.1) is 6.61 Å². The van der Waals surface area contributed by atoms with Gasteiger partial charge in [0.15, 0.2) is 0 Å². The van der Waals surface area contributed by atoms with Crippen molar-refractivity contribution in [2.24, 2.45) is 0 Å². The summed E-state index contributed by atoms with van der Waals surface area (Å²) in [4.78, 5) is 18.7. The number of piperazine rings is 1. The predicted octanol–water partition coefficient (Wildman–Crippen LogP) is -0.148. The summed E-state index contributed by atoms with van der Waals surface area (Å²) in [6.45, 7) is 2.96. The van der Waals surface area contributed by atoms with Gasteiger partial charge in [-0.05, 0) is 6.07 Å². The number of aliphatic hydroxyl groups excluding tert-OH is 1. The van der Waals surface area contributed by atoms with E-state index in [1.54, 1.807) is 11.1 Å². The third-order valence-corrected chi connectivity index (χ3v) is 2.80. The van der Waals surface area contributed by atoms with E-state index in [1.165, 1.54) is 0 Å². The number of nitrogens with zero attached hydrogens (tertiary/aromatic N) is 3. The summed E-state index contributed by atoms with van der Waals surface area (Å²) in [5.41, 5.74) is 0.835. The molecule has 1 saturated heterocycles. The van der Waals surface area contributed by atoms with Crippen LogP contribution >= 0.6 is 0 Å². The van der Waals surface area contributed by atoms with Gasteiger partial charge >= 0.3 is 0 Å². The van der Waals surface area contributed by atoms with Crippen LogP contribution in [0.2, 0.25) is 0 Å². The first kappa shape index (κ1) is 10.9. The fourth-order valence-corrected chi connectivity index (χ4v) is 1.88. The van der Waals surface area contributed by atoms with Crippen LogP contribution in [0.15, 0.2) is 18.3 Å². The topological polar surface area (TPSA) is 56.7 Å². The molecule has 0 aliphatic carbocycles. The van der Waals surface area contributed by atoms with Gasteiger partial charge in [-0.25, -0.2) is 4.98 Å². The minimum absolute atomic E-state index is 0.00291. The molecular formula is C11H15N3O2. The van der Waals surface area contributed by atoms with Crippen molar-refractivity contribution < 1.29 is 9.90 Å². The minimum Gasteiger partial charge on any atom is -0.392 e. The fraction of sp³-hybridized carbons (Fsp3) is 0.455. The Bertz CT molecular complexity index is 362. The summed E-state index contributed by atoms with van der Waals surface area (Å²) >= 11 is 0. The molecule has 0 radical (unpaired) electrons. The Kier molecular flexibility index (Phi) is 3.36. The average Bonchev–Trinajstić information content (AvgIpc) is 2.39. The lowest BCUT2D eigenvalue weighted by molar-refractivity contribution is -0.118. The molecule has 1 aliphatic heterocycles. The van der Waals surface area contributed by atoms with Crippen LogP contribution in [0.3, 0.4) is 0 Å². The Morgan fingerprint density at radius 1 is 1.38 bits per heavy atom. The molecule has 2 rings (SSSR count). The highest BCUT2D eigenvalue weighted by Gasteiger charge is 2.18. The molecule has 0 bridgehead atoms. The van der Waals surface area contributed by atoms with Crippen molar-refractivity contribution in [2.45, 2.75) is 6.61 Å². The molecule has 1 aliphatic rings. The van der Waals surface area contributed by atoms with Gasteiger partial charge in [0.2, 0.25) is 6.41 Å². The standard InChI is InChI=1S/C11H15N3O2/c15-8-10-2-1-3-12-11(10)14-6-4-13(9-16)5-7-14/h1-3,9,15H,4-8H2. The second kappa shape index (κ2) is 4.94. The number of aliphatic hydroxyl groups is 1. The van der Waals surface area contributed by atoms with Crippen LogP contribution in [-0.2, 0) is 11.4 Å². The summed E-state index contributed by atoms with van der Waals surface area (Å²) in [5.74, 6) is 0.829. The molecule has 2 heterocycles. The van der Waals surface area contributed by atoms with E-state index in [1.807, 2.05) is 12.1 Å². The SMILES string of the molecule is O=CN1CCN(c2ncccc2CO)CC1. The third kappa shape index (κ3) is 2.14. The van der Waals surface area contributed by atoms with Gasteiger partial charge in [-0.2, -0.15) is 0 Å². The van der Waals surface area contributed by atoms with Crippen LogP contribution in [0.4, 0.5) is 5.82 Å². The highest BCUT2D eigenvalue weighted by molar-refractivity contribution is 5.50. The van der Waals surface area contributed by atoms with E-state index in [0.29, 0.717) is 13.1 Å². The molecule has 0 spiro atoms. The molecule has 5 heteroatoms. The quantitative estimate of drug-likeness (QED) is 0.721. The maximum Gasteiger partial charge on any atom is 0.209 e. The third-order valence-electron chi connectivity index (χ3n) is 2.80.